The third-order valence-corrected chi connectivity index (χ3v) is 6.30. The van der Waals surface area contributed by atoms with Crippen molar-refractivity contribution in [3.63, 3.8) is 0 Å². The number of imidazole rings is 1. The number of anilines is 1. The summed E-state index contributed by atoms with van der Waals surface area (Å²) in [5.41, 5.74) is 1.00. The molecule has 1 aliphatic heterocycles. The Morgan fingerprint density at radius 2 is 1.78 bits per heavy atom. The van der Waals surface area contributed by atoms with Gasteiger partial charge in [0.25, 0.3) is 11.5 Å². The predicted octanol–water partition coefficient (Wildman–Crippen LogP) is 2.38. The van der Waals surface area contributed by atoms with Crippen LogP contribution in [0.4, 0.5) is 15.1 Å². The molecule has 1 saturated heterocycles. The van der Waals surface area contributed by atoms with Crippen LogP contribution in [-0.4, -0.2) is 67.7 Å². The van der Waals surface area contributed by atoms with Gasteiger partial charge in [0.15, 0.2) is 0 Å². The highest BCUT2D eigenvalue weighted by molar-refractivity contribution is 5.95. The minimum atomic E-state index is -0.613. The number of urea groups is 1. The van der Waals surface area contributed by atoms with Gasteiger partial charge in [-0.15, -0.1) is 0 Å². The van der Waals surface area contributed by atoms with Crippen LogP contribution in [0.15, 0.2) is 59.7 Å². The van der Waals surface area contributed by atoms with Gasteiger partial charge in [0.05, 0.1) is 16.6 Å². The normalized spacial score (nSPS) is 13.7. The summed E-state index contributed by atoms with van der Waals surface area (Å²) in [6.45, 7) is 1.19. The summed E-state index contributed by atoms with van der Waals surface area (Å²) in [6.07, 6.45) is 3.63. The molecule has 2 aromatic heterocycles. The Bertz CT molecular complexity index is 1510. The van der Waals surface area contributed by atoms with E-state index in [9.17, 15) is 18.8 Å². The number of carbonyl (C=O) groups is 2. The molecule has 1 aliphatic rings. The fourth-order valence-electron chi connectivity index (χ4n) is 4.29. The van der Waals surface area contributed by atoms with Gasteiger partial charge in [-0.2, -0.15) is 5.10 Å². The number of aryl methyl sites for hydroxylation is 1. The molecule has 2 aromatic carbocycles. The molecule has 0 spiro atoms. The molecule has 5 rings (SSSR count). The average Bonchev–Trinajstić information content (AvgIpc) is 3.30. The van der Waals surface area contributed by atoms with Gasteiger partial charge in [0.1, 0.15) is 5.82 Å². The number of nitrogens with zero attached hydrogens (tertiary/aromatic N) is 5. The summed E-state index contributed by atoms with van der Waals surface area (Å²) in [5, 5.41) is 10.6. The molecule has 10 nitrogen and oxygen atoms in total. The number of aromatic amines is 1. The number of carbonyl (C=O) groups excluding carboxylic acids is 2. The number of benzene rings is 2. The summed E-state index contributed by atoms with van der Waals surface area (Å²) in [5.74, 6) is -0.613. The first kappa shape index (κ1) is 23.2. The van der Waals surface area contributed by atoms with E-state index in [-0.39, 0.29) is 30.2 Å². The van der Waals surface area contributed by atoms with Crippen molar-refractivity contribution in [1.82, 2.24) is 29.5 Å². The van der Waals surface area contributed by atoms with Gasteiger partial charge >= 0.3 is 6.03 Å². The lowest BCUT2D eigenvalue weighted by atomic mass is 10.0. The molecule has 0 aliphatic carbocycles. The molecule has 0 radical (unpaired) electrons. The van der Waals surface area contributed by atoms with E-state index < -0.39 is 11.7 Å². The highest BCUT2D eigenvalue weighted by atomic mass is 19.1. The Hall–Kier alpha value is -4.54. The van der Waals surface area contributed by atoms with Crippen molar-refractivity contribution in [3.05, 3.63) is 87.9 Å². The maximum atomic E-state index is 14.7. The Morgan fingerprint density at radius 3 is 2.50 bits per heavy atom. The summed E-state index contributed by atoms with van der Waals surface area (Å²) in [7, 11) is 1.78. The molecule has 0 unspecified atom stereocenters. The molecule has 0 bridgehead atoms. The first-order valence-corrected chi connectivity index (χ1v) is 11.5. The molecule has 3 heterocycles. The SMILES string of the molecule is Cn1ccnc1NC(=O)N1CCN(C(=O)c2cc(Cc3n[nH]c(=O)c4ccccc34)ccc2F)CC1. The highest BCUT2D eigenvalue weighted by Crippen LogP contribution is 2.20. The number of halogens is 1. The van der Waals surface area contributed by atoms with Crippen molar-refractivity contribution in [3.8, 4) is 0 Å². The third-order valence-electron chi connectivity index (χ3n) is 6.30. The molecule has 36 heavy (non-hydrogen) atoms. The fourth-order valence-corrected chi connectivity index (χ4v) is 4.29. The van der Waals surface area contributed by atoms with E-state index in [4.69, 9.17) is 0 Å². The monoisotopic (exact) mass is 489 g/mol. The maximum Gasteiger partial charge on any atom is 0.324 e. The van der Waals surface area contributed by atoms with Crippen LogP contribution in [0.5, 0.6) is 0 Å². The van der Waals surface area contributed by atoms with E-state index in [1.165, 1.54) is 12.1 Å². The van der Waals surface area contributed by atoms with E-state index in [0.717, 1.165) is 0 Å². The minimum Gasteiger partial charge on any atom is -0.335 e. The third kappa shape index (κ3) is 4.54. The largest absolute Gasteiger partial charge is 0.335 e. The van der Waals surface area contributed by atoms with Gasteiger partial charge in [0.2, 0.25) is 5.95 Å². The Kier molecular flexibility index (Phi) is 6.19. The molecular formula is C25H24FN7O3. The molecule has 184 valence electrons. The average molecular weight is 490 g/mol. The van der Waals surface area contributed by atoms with Gasteiger partial charge in [-0.05, 0) is 23.8 Å². The van der Waals surface area contributed by atoms with Crippen LogP contribution in [0.3, 0.4) is 0 Å². The zero-order chi connectivity index (χ0) is 25.2. The number of piperazine rings is 1. The second kappa shape index (κ2) is 9.61. The van der Waals surface area contributed by atoms with Gasteiger partial charge in [0, 0.05) is 57.4 Å². The Morgan fingerprint density at radius 1 is 1.06 bits per heavy atom. The van der Waals surface area contributed by atoms with Crippen LogP contribution in [0.2, 0.25) is 0 Å². The topological polar surface area (TPSA) is 116 Å². The summed E-state index contributed by atoms with van der Waals surface area (Å²) < 4.78 is 16.4. The first-order valence-electron chi connectivity index (χ1n) is 11.5. The number of nitrogens with one attached hydrogen (secondary N) is 2. The van der Waals surface area contributed by atoms with E-state index >= 15 is 0 Å². The maximum absolute atomic E-state index is 14.7. The van der Waals surface area contributed by atoms with Crippen LogP contribution in [-0.2, 0) is 13.5 Å². The minimum absolute atomic E-state index is 0.0351. The zero-order valence-corrected chi connectivity index (χ0v) is 19.6. The number of hydrogen-bond acceptors (Lipinski definition) is 5. The fraction of sp³-hybridized carbons (Fsp3) is 0.240. The lowest BCUT2D eigenvalue weighted by molar-refractivity contribution is 0.0667. The molecule has 1 fully saturated rings. The standard InChI is InChI=1S/C25H24FN7O3/c1-31-9-8-27-24(31)28-25(36)33-12-10-32(11-13-33)23(35)19-14-16(6-7-20(19)26)15-21-17-4-2-3-5-18(17)22(34)30-29-21/h2-9,14H,10-13,15H2,1H3,(H,30,34)(H,27,28,36). The molecule has 2 N–H and O–H groups in total. The molecule has 0 atom stereocenters. The second-order valence-corrected chi connectivity index (χ2v) is 8.61. The predicted molar refractivity (Wildman–Crippen MR) is 131 cm³/mol. The lowest BCUT2D eigenvalue weighted by Gasteiger charge is -2.34. The van der Waals surface area contributed by atoms with E-state index in [2.05, 4.69) is 20.5 Å². The number of hydrogen-bond donors (Lipinski definition) is 2. The van der Waals surface area contributed by atoms with Gasteiger partial charge in [-0.3, -0.25) is 14.9 Å². The van der Waals surface area contributed by atoms with E-state index in [1.54, 1.807) is 52.0 Å². The van der Waals surface area contributed by atoms with Gasteiger partial charge < -0.3 is 14.4 Å². The zero-order valence-electron chi connectivity index (χ0n) is 19.6. The number of amides is 3. The number of rotatable bonds is 4. The lowest BCUT2D eigenvalue weighted by Crippen LogP contribution is -2.52. The van der Waals surface area contributed by atoms with Crippen molar-refractivity contribution in [2.75, 3.05) is 31.5 Å². The van der Waals surface area contributed by atoms with Crippen molar-refractivity contribution in [2.45, 2.75) is 6.42 Å². The van der Waals surface area contributed by atoms with E-state index in [0.29, 0.717) is 47.5 Å². The molecule has 3 amide bonds. The smallest absolute Gasteiger partial charge is 0.324 e. The van der Waals surface area contributed by atoms with Gasteiger partial charge in [-0.1, -0.05) is 24.3 Å². The molecule has 0 saturated carbocycles. The summed E-state index contributed by atoms with van der Waals surface area (Å²) in [4.78, 5) is 44.9. The van der Waals surface area contributed by atoms with Crippen molar-refractivity contribution in [2.24, 2.45) is 7.05 Å². The van der Waals surface area contributed by atoms with Crippen molar-refractivity contribution < 1.29 is 14.0 Å². The van der Waals surface area contributed by atoms with Crippen molar-refractivity contribution >= 4 is 28.7 Å². The molecular weight excluding hydrogens is 465 g/mol. The number of aromatic nitrogens is 4. The van der Waals surface area contributed by atoms with Crippen LogP contribution in [0.1, 0.15) is 21.6 Å². The number of H-pyrrole nitrogens is 1. The molecule has 11 heteroatoms. The number of fused-ring (bicyclic) bond motifs is 1. The van der Waals surface area contributed by atoms with Crippen LogP contribution >= 0.6 is 0 Å². The first-order chi connectivity index (χ1) is 17.4. The second-order valence-electron chi connectivity index (χ2n) is 8.61. The van der Waals surface area contributed by atoms with Crippen molar-refractivity contribution in [1.29, 1.82) is 0 Å². The Balaban J connectivity index is 1.28. The molecule has 4 aromatic rings. The highest BCUT2D eigenvalue weighted by Gasteiger charge is 2.27. The Labute approximate surface area is 205 Å². The van der Waals surface area contributed by atoms with Crippen LogP contribution in [0, 0.1) is 5.82 Å². The van der Waals surface area contributed by atoms with Crippen LogP contribution < -0.4 is 10.9 Å². The quantitative estimate of drug-likeness (QED) is 0.457. The summed E-state index contributed by atoms with van der Waals surface area (Å²) >= 11 is 0. The summed E-state index contributed by atoms with van der Waals surface area (Å²) in [6, 6.07) is 11.2. The van der Waals surface area contributed by atoms with Gasteiger partial charge in [-0.25, -0.2) is 19.3 Å². The van der Waals surface area contributed by atoms with Crippen LogP contribution in [0.25, 0.3) is 10.8 Å². The van der Waals surface area contributed by atoms with E-state index in [1.807, 2.05) is 12.1 Å².